The van der Waals surface area contributed by atoms with E-state index in [0.29, 0.717) is 10.9 Å². The zero-order chi connectivity index (χ0) is 12.3. The van der Waals surface area contributed by atoms with E-state index in [1.165, 1.54) is 0 Å². The summed E-state index contributed by atoms with van der Waals surface area (Å²) in [5.41, 5.74) is 6.56. The van der Waals surface area contributed by atoms with Crippen LogP contribution in [0.15, 0.2) is 60.7 Å². The summed E-state index contributed by atoms with van der Waals surface area (Å²) >= 11 is 0. The maximum absolute atomic E-state index is 12.3. The maximum atomic E-state index is 12.3. The Balaban J connectivity index is 2.37. The summed E-state index contributed by atoms with van der Waals surface area (Å²) in [6.07, 6.45) is 0. The lowest BCUT2D eigenvalue weighted by Crippen LogP contribution is -2.18. The van der Waals surface area contributed by atoms with Gasteiger partial charge < -0.3 is 10.6 Å². The van der Waals surface area contributed by atoms with Crippen LogP contribution in [0.25, 0.3) is 0 Å². The molecule has 0 amide bonds. The smallest absolute Gasteiger partial charge is 0.250 e. The lowest BCUT2D eigenvalue weighted by Gasteiger charge is -2.19. The second kappa shape index (κ2) is 4.84. The molecule has 0 aliphatic carbocycles. The average molecular weight is 247 g/mol. The van der Waals surface area contributed by atoms with Crippen molar-refractivity contribution in [3.8, 4) is 0 Å². The first-order chi connectivity index (χ1) is 8.12. The van der Waals surface area contributed by atoms with E-state index >= 15 is 0 Å². The highest BCUT2D eigenvalue weighted by atomic mass is 31.2. The van der Waals surface area contributed by atoms with Gasteiger partial charge in [0.05, 0.1) is 0 Å². The molecule has 0 fully saturated rings. The van der Waals surface area contributed by atoms with Gasteiger partial charge in [-0.2, -0.15) is 0 Å². The van der Waals surface area contributed by atoms with E-state index in [1.807, 2.05) is 6.07 Å². The van der Waals surface area contributed by atoms with Crippen LogP contribution in [0.1, 0.15) is 11.3 Å². The molecule has 0 saturated carbocycles. The highest BCUT2D eigenvalue weighted by Crippen LogP contribution is 2.51. The van der Waals surface area contributed by atoms with Crippen molar-refractivity contribution in [2.24, 2.45) is 5.73 Å². The normalized spacial score (nSPS) is 16.1. The molecule has 3 nitrogen and oxygen atoms in total. The SMILES string of the molecule is N[C@H](c1ccccc1)P(=O)(O)c1ccccc1. The van der Waals surface area contributed by atoms with Crippen molar-refractivity contribution in [2.75, 3.05) is 0 Å². The van der Waals surface area contributed by atoms with Gasteiger partial charge in [-0.25, -0.2) is 0 Å². The molecule has 0 aromatic heterocycles. The summed E-state index contributed by atoms with van der Waals surface area (Å²) in [6.45, 7) is 0. The molecule has 2 atom stereocenters. The fraction of sp³-hybridized carbons (Fsp3) is 0.0769. The second-order valence-electron chi connectivity index (χ2n) is 3.81. The summed E-state index contributed by atoms with van der Waals surface area (Å²) in [6, 6.07) is 17.5. The molecule has 17 heavy (non-hydrogen) atoms. The molecule has 0 heterocycles. The molecule has 2 aromatic carbocycles. The molecule has 0 aliphatic rings. The Morgan fingerprint density at radius 1 is 0.941 bits per heavy atom. The largest absolute Gasteiger partial charge is 0.340 e. The molecular formula is C13H14NO2P. The van der Waals surface area contributed by atoms with Gasteiger partial charge in [0.25, 0.3) is 0 Å². The van der Waals surface area contributed by atoms with Crippen molar-refractivity contribution < 1.29 is 9.46 Å². The fourth-order valence-electron chi connectivity index (χ4n) is 1.65. The minimum atomic E-state index is -3.58. The topological polar surface area (TPSA) is 63.3 Å². The third kappa shape index (κ3) is 2.47. The van der Waals surface area contributed by atoms with Gasteiger partial charge in [0, 0.05) is 5.30 Å². The predicted octanol–water partition coefficient (Wildman–Crippen LogP) is 2.24. The van der Waals surface area contributed by atoms with Gasteiger partial charge in [0.1, 0.15) is 5.78 Å². The van der Waals surface area contributed by atoms with E-state index < -0.39 is 13.2 Å². The minimum Gasteiger partial charge on any atom is -0.340 e. The molecule has 1 unspecified atom stereocenters. The third-order valence-electron chi connectivity index (χ3n) is 2.64. The lowest BCUT2D eigenvalue weighted by molar-refractivity contribution is 0.477. The van der Waals surface area contributed by atoms with Crippen molar-refractivity contribution in [1.82, 2.24) is 0 Å². The van der Waals surface area contributed by atoms with E-state index in [0.717, 1.165) is 0 Å². The van der Waals surface area contributed by atoms with E-state index in [4.69, 9.17) is 5.73 Å². The molecule has 0 saturated heterocycles. The van der Waals surface area contributed by atoms with E-state index in [1.54, 1.807) is 54.6 Å². The zero-order valence-electron chi connectivity index (χ0n) is 9.23. The monoisotopic (exact) mass is 247 g/mol. The summed E-state index contributed by atoms with van der Waals surface area (Å²) in [5, 5.41) is 0.386. The molecule has 88 valence electrons. The van der Waals surface area contributed by atoms with Gasteiger partial charge >= 0.3 is 0 Å². The highest BCUT2D eigenvalue weighted by Gasteiger charge is 2.30. The lowest BCUT2D eigenvalue weighted by atomic mass is 10.2. The number of hydrogen-bond donors (Lipinski definition) is 2. The number of hydrogen-bond acceptors (Lipinski definition) is 2. The molecule has 0 spiro atoms. The molecule has 0 radical (unpaired) electrons. The first-order valence-electron chi connectivity index (χ1n) is 5.31. The molecular weight excluding hydrogens is 233 g/mol. The minimum absolute atomic E-state index is 0.386. The first-order valence-corrected chi connectivity index (χ1v) is 7.04. The van der Waals surface area contributed by atoms with Crippen molar-refractivity contribution in [1.29, 1.82) is 0 Å². The Kier molecular flexibility index (Phi) is 3.43. The van der Waals surface area contributed by atoms with Crippen LogP contribution in [0.4, 0.5) is 0 Å². The van der Waals surface area contributed by atoms with E-state index in [9.17, 15) is 9.46 Å². The first kappa shape index (κ1) is 12.1. The predicted molar refractivity (Wildman–Crippen MR) is 69.3 cm³/mol. The van der Waals surface area contributed by atoms with Crippen LogP contribution in [-0.2, 0) is 4.57 Å². The highest BCUT2D eigenvalue weighted by molar-refractivity contribution is 7.66. The molecule has 0 aliphatic heterocycles. The summed E-state index contributed by atoms with van der Waals surface area (Å²) in [5.74, 6) is -0.883. The number of rotatable bonds is 3. The van der Waals surface area contributed by atoms with Crippen molar-refractivity contribution in [3.63, 3.8) is 0 Å². The molecule has 3 N–H and O–H groups in total. The third-order valence-corrected chi connectivity index (χ3v) is 4.73. The Morgan fingerprint density at radius 2 is 1.41 bits per heavy atom. The van der Waals surface area contributed by atoms with Crippen LogP contribution in [-0.4, -0.2) is 4.89 Å². The second-order valence-corrected chi connectivity index (χ2v) is 6.13. The van der Waals surface area contributed by atoms with Crippen LogP contribution in [0.3, 0.4) is 0 Å². The quantitative estimate of drug-likeness (QED) is 0.817. The molecule has 2 rings (SSSR count). The van der Waals surface area contributed by atoms with E-state index in [2.05, 4.69) is 0 Å². The Labute approximate surface area is 100 Å². The van der Waals surface area contributed by atoms with Gasteiger partial charge in [0.2, 0.25) is 7.37 Å². The van der Waals surface area contributed by atoms with Crippen molar-refractivity contribution in [3.05, 3.63) is 66.2 Å². The van der Waals surface area contributed by atoms with Gasteiger partial charge in [-0.3, -0.25) is 4.57 Å². The van der Waals surface area contributed by atoms with Crippen molar-refractivity contribution in [2.45, 2.75) is 5.78 Å². The Hall–Kier alpha value is -1.41. The van der Waals surface area contributed by atoms with Crippen LogP contribution in [0.2, 0.25) is 0 Å². The summed E-state index contributed by atoms with van der Waals surface area (Å²) in [7, 11) is -3.58. The van der Waals surface area contributed by atoms with Crippen LogP contribution < -0.4 is 11.0 Å². The van der Waals surface area contributed by atoms with Gasteiger partial charge in [-0.05, 0) is 17.7 Å². The van der Waals surface area contributed by atoms with Gasteiger partial charge in [-0.1, -0.05) is 48.5 Å². The number of nitrogens with two attached hydrogens (primary N) is 1. The molecule has 0 bridgehead atoms. The van der Waals surface area contributed by atoms with E-state index in [-0.39, 0.29) is 0 Å². The van der Waals surface area contributed by atoms with Crippen LogP contribution in [0, 0.1) is 0 Å². The number of benzene rings is 2. The Bertz CT molecular complexity index is 528. The Morgan fingerprint density at radius 3 is 1.94 bits per heavy atom. The zero-order valence-corrected chi connectivity index (χ0v) is 10.1. The molecule has 2 aromatic rings. The van der Waals surface area contributed by atoms with Gasteiger partial charge in [0.15, 0.2) is 0 Å². The summed E-state index contributed by atoms with van der Waals surface area (Å²) in [4.78, 5) is 10.1. The maximum Gasteiger partial charge on any atom is 0.250 e. The van der Waals surface area contributed by atoms with Gasteiger partial charge in [-0.15, -0.1) is 0 Å². The standard InChI is InChI=1S/C13H14NO2P/c14-13(11-7-3-1-4-8-11)17(15,16)12-9-5-2-6-10-12/h1-10,13H,14H2,(H,15,16)/t13-/m0/s1. The fourth-order valence-corrected chi connectivity index (χ4v) is 3.15. The van der Waals surface area contributed by atoms with Crippen LogP contribution >= 0.6 is 7.37 Å². The van der Waals surface area contributed by atoms with Crippen LogP contribution in [0.5, 0.6) is 0 Å². The summed E-state index contributed by atoms with van der Waals surface area (Å²) < 4.78 is 12.3. The molecule has 4 heteroatoms. The van der Waals surface area contributed by atoms with Crippen molar-refractivity contribution >= 4 is 12.7 Å². The average Bonchev–Trinajstić information content (AvgIpc) is 2.40.